The Morgan fingerprint density at radius 3 is 3.00 bits per heavy atom. The zero-order chi connectivity index (χ0) is 18.9. The van der Waals surface area contributed by atoms with Crippen LogP contribution < -0.4 is 16.2 Å². The van der Waals surface area contributed by atoms with Crippen LogP contribution in [0.5, 0.6) is 0 Å². The minimum atomic E-state index is -0.289. The number of benzene rings is 1. The number of hydrogen-bond acceptors (Lipinski definition) is 4. The average Bonchev–Trinajstić information content (AvgIpc) is 3.13. The SMILES string of the molecule is CCc1cc(=O)[nH]c(-c2cccc(NC(=O)[C@@]34CCCC[C@H]3CNC4)c2)n1.Cl. The van der Waals surface area contributed by atoms with Gasteiger partial charge < -0.3 is 15.6 Å². The minimum absolute atomic E-state index is 0. The van der Waals surface area contributed by atoms with Gasteiger partial charge in [0, 0.05) is 29.6 Å². The van der Waals surface area contributed by atoms with Crippen LogP contribution in [-0.4, -0.2) is 29.0 Å². The summed E-state index contributed by atoms with van der Waals surface area (Å²) in [5.74, 6) is 1.07. The van der Waals surface area contributed by atoms with Gasteiger partial charge in [-0.2, -0.15) is 0 Å². The van der Waals surface area contributed by atoms with E-state index < -0.39 is 0 Å². The first kappa shape index (κ1) is 20.6. The molecule has 28 heavy (non-hydrogen) atoms. The highest BCUT2D eigenvalue weighted by atomic mass is 35.5. The van der Waals surface area contributed by atoms with Crippen LogP contribution in [0, 0.1) is 11.3 Å². The van der Waals surface area contributed by atoms with Crippen molar-refractivity contribution >= 4 is 24.0 Å². The van der Waals surface area contributed by atoms with Crippen molar-refractivity contribution in [2.75, 3.05) is 18.4 Å². The number of anilines is 1. The third-order valence-corrected chi connectivity index (χ3v) is 6.04. The third-order valence-electron chi connectivity index (χ3n) is 6.04. The molecule has 2 fully saturated rings. The predicted octanol–water partition coefficient (Wildman–Crippen LogP) is 3.14. The average molecular weight is 403 g/mol. The van der Waals surface area contributed by atoms with Gasteiger partial charge in [0.1, 0.15) is 5.82 Å². The summed E-state index contributed by atoms with van der Waals surface area (Å²) >= 11 is 0. The molecule has 0 unspecified atom stereocenters. The van der Waals surface area contributed by atoms with Gasteiger partial charge in [0.05, 0.1) is 5.41 Å². The molecule has 4 rings (SSSR count). The maximum absolute atomic E-state index is 13.1. The molecular formula is C21H27ClN4O2. The Kier molecular flexibility index (Phi) is 6.20. The first-order valence-corrected chi connectivity index (χ1v) is 9.83. The second-order valence-electron chi connectivity index (χ2n) is 7.70. The summed E-state index contributed by atoms with van der Waals surface area (Å²) < 4.78 is 0. The first-order chi connectivity index (χ1) is 13.1. The Morgan fingerprint density at radius 2 is 2.18 bits per heavy atom. The number of carbonyl (C=O) groups excluding carboxylic acids is 1. The van der Waals surface area contributed by atoms with Gasteiger partial charge >= 0.3 is 0 Å². The summed E-state index contributed by atoms with van der Waals surface area (Å²) in [4.78, 5) is 32.3. The van der Waals surface area contributed by atoms with Gasteiger partial charge in [-0.25, -0.2) is 4.98 Å². The molecule has 1 amide bonds. The molecular weight excluding hydrogens is 376 g/mol. The molecule has 1 aromatic heterocycles. The molecule has 6 nitrogen and oxygen atoms in total. The van der Waals surface area contributed by atoms with E-state index in [2.05, 4.69) is 20.6 Å². The molecule has 1 saturated heterocycles. The highest BCUT2D eigenvalue weighted by Gasteiger charge is 2.49. The van der Waals surface area contributed by atoms with Crippen LogP contribution in [0.1, 0.15) is 38.3 Å². The van der Waals surface area contributed by atoms with E-state index in [1.165, 1.54) is 12.5 Å². The molecule has 0 bridgehead atoms. The van der Waals surface area contributed by atoms with Crippen molar-refractivity contribution < 1.29 is 4.79 Å². The molecule has 1 aromatic carbocycles. The van der Waals surface area contributed by atoms with Gasteiger partial charge in [-0.1, -0.05) is 31.9 Å². The predicted molar refractivity (Wildman–Crippen MR) is 113 cm³/mol. The number of aromatic nitrogens is 2. The lowest BCUT2D eigenvalue weighted by atomic mass is 9.67. The van der Waals surface area contributed by atoms with E-state index in [1.807, 2.05) is 31.2 Å². The lowest BCUT2D eigenvalue weighted by Gasteiger charge is -2.37. The van der Waals surface area contributed by atoms with Gasteiger partial charge in [-0.15, -0.1) is 12.4 Å². The van der Waals surface area contributed by atoms with E-state index in [0.29, 0.717) is 18.2 Å². The van der Waals surface area contributed by atoms with Gasteiger partial charge in [0.25, 0.3) is 5.56 Å². The molecule has 0 spiro atoms. The van der Waals surface area contributed by atoms with E-state index in [1.54, 1.807) is 0 Å². The quantitative estimate of drug-likeness (QED) is 0.733. The fourth-order valence-electron chi connectivity index (χ4n) is 4.52. The Morgan fingerprint density at radius 1 is 1.32 bits per heavy atom. The van der Waals surface area contributed by atoms with E-state index >= 15 is 0 Å². The topological polar surface area (TPSA) is 86.9 Å². The highest BCUT2D eigenvalue weighted by molar-refractivity contribution is 5.96. The van der Waals surface area contributed by atoms with Crippen molar-refractivity contribution in [2.45, 2.75) is 39.0 Å². The number of halogens is 1. The largest absolute Gasteiger partial charge is 0.326 e. The van der Waals surface area contributed by atoms with Gasteiger partial charge in [0.15, 0.2) is 0 Å². The molecule has 7 heteroatoms. The monoisotopic (exact) mass is 402 g/mol. The maximum Gasteiger partial charge on any atom is 0.251 e. The summed E-state index contributed by atoms with van der Waals surface area (Å²) in [7, 11) is 0. The Balaban J connectivity index is 0.00000225. The Bertz CT molecular complexity index is 913. The summed E-state index contributed by atoms with van der Waals surface area (Å²) in [6.07, 6.45) is 5.09. The standard InChI is InChI=1S/C21H26N4O2.ClH/c1-2-16-11-18(26)25-19(23-16)14-6-5-8-17(10-14)24-20(27)21-9-4-3-7-15(21)12-22-13-21;/h5-6,8,10-11,15,22H,2-4,7,9,12-13H2,1H3,(H,24,27)(H,23,25,26);1H/t15-,21+;/m0./s1. The molecule has 1 saturated carbocycles. The van der Waals surface area contributed by atoms with E-state index in [0.717, 1.165) is 49.3 Å². The number of H-pyrrole nitrogens is 1. The van der Waals surface area contributed by atoms with E-state index in [-0.39, 0.29) is 29.3 Å². The fourth-order valence-corrected chi connectivity index (χ4v) is 4.52. The first-order valence-electron chi connectivity index (χ1n) is 9.83. The van der Waals surface area contributed by atoms with Crippen LogP contribution in [0.4, 0.5) is 5.69 Å². The van der Waals surface area contributed by atoms with E-state index in [9.17, 15) is 9.59 Å². The van der Waals surface area contributed by atoms with Gasteiger partial charge in [-0.3, -0.25) is 9.59 Å². The lowest BCUT2D eigenvalue weighted by Crippen LogP contribution is -2.44. The molecule has 150 valence electrons. The number of fused-ring (bicyclic) bond motifs is 1. The van der Waals surface area contributed by atoms with Crippen molar-refractivity contribution in [1.82, 2.24) is 15.3 Å². The smallest absolute Gasteiger partial charge is 0.251 e. The number of nitrogens with one attached hydrogen (secondary N) is 3. The number of rotatable bonds is 4. The number of aryl methyl sites for hydroxylation is 1. The molecule has 2 aromatic rings. The second-order valence-corrected chi connectivity index (χ2v) is 7.70. The summed E-state index contributed by atoms with van der Waals surface area (Å²) in [5, 5.41) is 6.55. The van der Waals surface area contributed by atoms with E-state index in [4.69, 9.17) is 0 Å². The van der Waals surface area contributed by atoms with Crippen LogP contribution in [0.15, 0.2) is 35.1 Å². The third kappa shape index (κ3) is 3.84. The van der Waals surface area contributed by atoms with Crippen LogP contribution in [0.25, 0.3) is 11.4 Å². The fraction of sp³-hybridized carbons (Fsp3) is 0.476. The Hall–Kier alpha value is -2.18. The summed E-state index contributed by atoms with van der Waals surface area (Å²) in [6, 6.07) is 9.07. The molecule has 2 aliphatic rings. The molecule has 1 aliphatic carbocycles. The normalized spacial score (nSPS) is 23.5. The zero-order valence-corrected chi connectivity index (χ0v) is 16.9. The van der Waals surface area contributed by atoms with Gasteiger partial charge in [-0.05, 0) is 43.9 Å². The number of aromatic amines is 1. The summed E-state index contributed by atoms with van der Waals surface area (Å²) in [5.41, 5.74) is 1.84. The van der Waals surface area contributed by atoms with Crippen LogP contribution in [0.3, 0.4) is 0 Å². The van der Waals surface area contributed by atoms with Crippen molar-refractivity contribution in [3.05, 3.63) is 46.4 Å². The van der Waals surface area contributed by atoms with Crippen LogP contribution in [0.2, 0.25) is 0 Å². The summed E-state index contributed by atoms with van der Waals surface area (Å²) in [6.45, 7) is 3.66. The molecule has 1 aliphatic heterocycles. The minimum Gasteiger partial charge on any atom is -0.326 e. The molecule has 2 atom stereocenters. The second kappa shape index (κ2) is 8.45. The van der Waals surface area contributed by atoms with Crippen molar-refractivity contribution in [3.63, 3.8) is 0 Å². The molecule has 0 radical (unpaired) electrons. The van der Waals surface area contributed by atoms with Crippen LogP contribution >= 0.6 is 12.4 Å². The lowest BCUT2D eigenvalue weighted by molar-refractivity contribution is -0.128. The number of nitrogens with zero attached hydrogens (tertiary/aromatic N) is 1. The zero-order valence-electron chi connectivity index (χ0n) is 16.1. The number of hydrogen-bond donors (Lipinski definition) is 3. The number of carbonyl (C=O) groups is 1. The van der Waals surface area contributed by atoms with Crippen molar-refractivity contribution in [1.29, 1.82) is 0 Å². The highest BCUT2D eigenvalue weighted by Crippen LogP contribution is 2.44. The van der Waals surface area contributed by atoms with Gasteiger partial charge in [0.2, 0.25) is 5.91 Å². The molecule has 2 heterocycles. The van der Waals surface area contributed by atoms with Crippen molar-refractivity contribution in [3.8, 4) is 11.4 Å². The van der Waals surface area contributed by atoms with Crippen LogP contribution in [-0.2, 0) is 11.2 Å². The maximum atomic E-state index is 13.1. The van der Waals surface area contributed by atoms with Crippen molar-refractivity contribution in [2.24, 2.45) is 11.3 Å². The number of amides is 1. The molecule has 3 N–H and O–H groups in total. The Labute approximate surface area is 171 Å².